The molecule has 0 radical (unpaired) electrons. The number of hydrogen-bond acceptors (Lipinski definition) is 6. The van der Waals surface area contributed by atoms with Crippen LogP contribution in [0.4, 0.5) is 5.82 Å². The summed E-state index contributed by atoms with van der Waals surface area (Å²) in [4.78, 5) is 31.0. The van der Waals surface area contributed by atoms with E-state index in [9.17, 15) is 9.59 Å². The van der Waals surface area contributed by atoms with Gasteiger partial charge in [-0.2, -0.15) is 0 Å². The van der Waals surface area contributed by atoms with Gasteiger partial charge in [0.05, 0.1) is 17.5 Å². The summed E-state index contributed by atoms with van der Waals surface area (Å²) in [5, 5.41) is 15.5. The molecule has 0 saturated heterocycles. The highest BCUT2D eigenvalue weighted by Crippen LogP contribution is 2.14. The number of benzene rings is 1. The number of carbonyl (C=O) groups is 1. The molecule has 9 heteroatoms. The van der Waals surface area contributed by atoms with Crippen molar-refractivity contribution in [3.63, 3.8) is 0 Å². The second-order valence-electron chi connectivity index (χ2n) is 7.84. The summed E-state index contributed by atoms with van der Waals surface area (Å²) in [5.41, 5.74) is 2.48. The van der Waals surface area contributed by atoms with E-state index in [1.165, 1.54) is 10.5 Å². The van der Waals surface area contributed by atoms with Crippen LogP contribution in [0.3, 0.4) is 0 Å². The fourth-order valence-corrected chi connectivity index (χ4v) is 3.70. The van der Waals surface area contributed by atoms with Crippen LogP contribution in [0.1, 0.15) is 27.2 Å². The maximum absolute atomic E-state index is 13.3. The maximum atomic E-state index is 13.3. The Hall–Kier alpha value is -4.53. The fraction of sp³-hybridized carbons (Fsp3) is 0.125. The highest BCUT2D eigenvalue weighted by molar-refractivity contribution is 6.05. The zero-order chi connectivity index (χ0) is 23.1. The third kappa shape index (κ3) is 3.69. The van der Waals surface area contributed by atoms with E-state index in [4.69, 9.17) is 9.93 Å². The molecule has 0 fully saturated rings. The summed E-state index contributed by atoms with van der Waals surface area (Å²) in [6.45, 7) is 3.98. The first-order valence-corrected chi connectivity index (χ1v) is 10.3. The molecule has 1 aromatic carbocycles. The SMILES string of the molecule is Cc1ccc(Cn2c(=N)c(C(=O)Nc3cc(C)on3)cc3c(=O)n4ccccc4nc32)cc1. The normalized spacial score (nSPS) is 11.2. The molecule has 0 bridgehead atoms. The second kappa shape index (κ2) is 7.86. The topological polar surface area (TPSA) is 118 Å². The first-order valence-electron chi connectivity index (χ1n) is 10.3. The Balaban J connectivity index is 1.74. The Bertz CT molecular complexity index is 1640. The summed E-state index contributed by atoms with van der Waals surface area (Å²) in [6, 6.07) is 16.1. The first kappa shape index (κ1) is 20.4. The molecule has 0 saturated carbocycles. The number of carbonyl (C=O) groups excluding carboxylic acids is 1. The summed E-state index contributed by atoms with van der Waals surface area (Å²) >= 11 is 0. The number of anilines is 1. The molecule has 0 atom stereocenters. The average Bonchev–Trinajstić information content (AvgIpc) is 3.21. The standard InChI is InChI=1S/C24H20N6O3/c1-14-6-8-16(9-7-14)13-30-21(25)17(23(31)26-19-11-15(2)33-28-19)12-18-22(30)27-20-5-3-4-10-29(20)24(18)32/h3-12,25H,13H2,1-2H3,(H,26,28,31). The molecule has 4 heterocycles. The van der Waals surface area contributed by atoms with E-state index in [0.29, 0.717) is 17.1 Å². The minimum absolute atomic E-state index is 0.0324. The fourth-order valence-electron chi connectivity index (χ4n) is 3.70. The molecule has 0 aliphatic carbocycles. The number of pyridine rings is 2. The lowest BCUT2D eigenvalue weighted by Crippen LogP contribution is -2.32. The van der Waals surface area contributed by atoms with Gasteiger partial charge in [-0.1, -0.05) is 41.1 Å². The van der Waals surface area contributed by atoms with Crippen LogP contribution in [0.5, 0.6) is 0 Å². The Morgan fingerprint density at radius 2 is 1.91 bits per heavy atom. The van der Waals surface area contributed by atoms with Gasteiger partial charge in [-0.05, 0) is 37.6 Å². The third-order valence-electron chi connectivity index (χ3n) is 5.39. The van der Waals surface area contributed by atoms with Crippen LogP contribution in [0.25, 0.3) is 16.7 Å². The van der Waals surface area contributed by atoms with Gasteiger partial charge in [-0.3, -0.25) is 19.4 Å². The highest BCUT2D eigenvalue weighted by atomic mass is 16.5. The summed E-state index contributed by atoms with van der Waals surface area (Å²) in [5.74, 6) is 0.208. The number of nitrogens with one attached hydrogen (secondary N) is 2. The van der Waals surface area contributed by atoms with E-state index in [1.54, 1.807) is 42.0 Å². The van der Waals surface area contributed by atoms with Crippen molar-refractivity contribution in [3.05, 3.63) is 99.1 Å². The van der Waals surface area contributed by atoms with Crippen LogP contribution in [-0.2, 0) is 6.54 Å². The zero-order valence-corrected chi connectivity index (χ0v) is 18.0. The lowest BCUT2D eigenvalue weighted by molar-refractivity contribution is 0.102. The molecule has 0 unspecified atom stereocenters. The van der Waals surface area contributed by atoms with Crippen molar-refractivity contribution in [1.82, 2.24) is 19.1 Å². The molecule has 9 nitrogen and oxygen atoms in total. The van der Waals surface area contributed by atoms with Gasteiger partial charge in [0, 0.05) is 12.3 Å². The Morgan fingerprint density at radius 1 is 1.12 bits per heavy atom. The van der Waals surface area contributed by atoms with E-state index in [1.807, 2.05) is 31.2 Å². The van der Waals surface area contributed by atoms with Crippen molar-refractivity contribution >= 4 is 28.4 Å². The molecular weight excluding hydrogens is 420 g/mol. The molecule has 5 rings (SSSR count). The molecule has 1 amide bonds. The van der Waals surface area contributed by atoms with Crippen molar-refractivity contribution in [1.29, 1.82) is 5.41 Å². The van der Waals surface area contributed by atoms with Gasteiger partial charge in [0.25, 0.3) is 11.5 Å². The van der Waals surface area contributed by atoms with Crippen molar-refractivity contribution in [2.75, 3.05) is 5.32 Å². The number of aromatic nitrogens is 4. The number of amides is 1. The summed E-state index contributed by atoms with van der Waals surface area (Å²) < 4.78 is 8.00. The molecular formula is C24H20N6O3. The molecule has 0 spiro atoms. The van der Waals surface area contributed by atoms with E-state index in [-0.39, 0.29) is 34.4 Å². The van der Waals surface area contributed by atoms with Crippen LogP contribution in [0.2, 0.25) is 0 Å². The molecule has 5 aromatic rings. The quantitative estimate of drug-likeness (QED) is 0.417. The number of rotatable bonds is 4. The first-order chi connectivity index (χ1) is 15.9. The van der Waals surface area contributed by atoms with Crippen molar-refractivity contribution in [2.45, 2.75) is 20.4 Å². The third-order valence-corrected chi connectivity index (χ3v) is 5.39. The van der Waals surface area contributed by atoms with Gasteiger partial charge in [0.2, 0.25) is 0 Å². The van der Waals surface area contributed by atoms with Crippen molar-refractivity contribution in [2.24, 2.45) is 0 Å². The average molecular weight is 440 g/mol. The molecule has 0 aliphatic rings. The zero-order valence-electron chi connectivity index (χ0n) is 18.0. The smallest absolute Gasteiger partial charge is 0.267 e. The van der Waals surface area contributed by atoms with E-state index in [2.05, 4.69) is 15.5 Å². The second-order valence-corrected chi connectivity index (χ2v) is 7.84. The molecule has 33 heavy (non-hydrogen) atoms. The van der Waals surface area contributed by atoms with Gasteiger partial charge in [-0.25, -0.2) is 4.98 Å². The van der Waals surface area contributed by atoms with Crippen LogP contribution in [0, 0.1) is 19.3 Å². The number of fused-ring (bicyclic) bond motifs is 2. The van der Waals surface area contributed by atoms with Crippen LogP contribution < -0.4 is 16.4 Å². The Labute approximate surface area is 187 Å². The highest BCUT2D eigenvalue weighted by Gasteiger charge is 2.19. The number of aryl methyl sites for hydroxylation is 2. The maximum Gasteiger partial charge on any atom is 0.267 e. The van der Waals surface area contributed by atoms with Crippen LogP contribution >= 0.6 is 0 Å². The lowest BCUT2D eigenvalue weighted by atomic mass is 10.1. The minimum Gasteiger partial charge on any atom is -0.360 e. The van der Waals surface area contributed by atoms with E-state index in [0.717, 1.165) is 11.1 Å². The summed E-state index contributed by atoms with van der Waals surface area (Å²) in [6.07, 6.45) is 1.63. The van der Waals surface area contributed by atoms with Crippen LogP contribution in [0.15, 0.2) is 70.1 Å². The minimum atomic E-state index is -0.564. The Kier molecular flexibility index (Phi) is 4.86. The summed E-state index contributed by atoms with van der Waals surface area (Å²) in [7, 11) is 0. The van der Waals surface area contributed by atoms with Gasteiger partial charge in [0.1, 0.15) is 22.5 Å². The van der Waals surface area contributed by atoms with Gasteiger partial charge in [-0.15, -0.1) is 0 Å². The molecule has 164 valence electrons. The predicted molar refractivity (Wildman–Crippen MR) is 122 cm³/mol. The van der Waals surface area contributed by atoms with E-state index >= 15 is 0 Å². The lowest BCUT2D eigenvalue weighted by Gasteiger charge is -2.14. The van der Waals surface area contributed by atoms with E-state index < -0.39 is 5.91 Å². The largest absolute Gasteiger partial charge is 0.360 e. The molecule has 2 N–H and O–H groups in total. The van der Waals surface area contributed by atoms with Gasteiger partial charge >= 0.3 is 0 Å². The molecule has 0 aliphatic heterocycles. The van der Waals surface area contributed by atoms with Crippen LogP contribution in [-0.4, -0.2) is 25.0 Å². The number of hydrogen-bond donors (Lipinski definition) is 2. The van der Waals surface area contributed by atoms with Gasteiger partial charge in [0.15, 0.2) is 5.82 Å². The van der Waals surface area contributed by atoms with Crippen molar-refractivity contribution < 1.29 is 9.32 Å². The Morgan fingerprint density at radius 3 is 2.64 bits per heavy atom. The number of nitrogens with zero attached hydrogens (tertiary/aromatic N) is 4. The predicted octanol–water partition coefficient (Wildman–Crippen LogP) is 3.03. The van der Waals surface area contributed by atoms with Crippen molar-refractivity contribution in [3.8, 4) is 0 Å². The molecule has 4 aromatic heterocycles. The monoisotopic (exact) mass is 440 g/mol. The van der Waals surface area contributed by atoms with Gasteiger partial charge < -0.3 is 14.4 Å².